The van der Waals surface area contributed by atoms with E-state index in [9.17, 15) is 13.2 Å². The second-order valence-corrected chi connectivity index (χ2v) is 3.77. The van der Waals surface area contributed by atoms with Crippen LogP contribution in [0.5, 0.6) is 0 Å². The fourth-order valence-electron chi connectivity index (χ4n) is 1.69. The van der Waals surface area contributed by atoms with Crippen LogP contribution in [-0.2, 0) is 6.42 Å². The van der Waals surface area contributed by atoms with E-state index in [1.54, 1.807) is 6.07 Å². The first-order valence-corrected chi connectivity index (χ1v) is 5.22. The van der Waals surface area contributed by atoms with Gasteiger partial charge in [0.05, 0.1) is 12.5 Å². The molecule has 0 fully saturated rings. The van der Waals surface area contributed by atoms with Crippen LogP contribution in [0.15, 0.2) is 36.4 Å². The van der Waals surface area contributed by atoms with Gasteiger partial charge in [-0.2, -0.15) is 5.26 Å². The molecule has 18 heavy (non-hydrogen) atoms. The fraction of sp³-hybridized carbons (Fsp3) is 0.0714. The summed E-state index contributed by atoms with van der Waals surface area (Å²) in [5.74, 6) is -2.16. The second-order valence-electron chi connectivity index (χ2n) is 3.77. The van der Waals surface area contributed by atoms with E-state index in [-0.39, 0.29) is 17.5 Å². The Bertz CT molecular complexity index is 629. The third kappa shape index (κ3) is 2.35. The summed E-state index contributed by atoms with van der Waals surface area (Å²) in [6.45, 7) is 0. The topological polar surface area (TPSA) is 23.8 Å². The van der Waals surface area contributed by atoms with Crippen LogP contribution in [0, 0.1) is 28.8 Å². The van der Waals surface area contributed by atoms with Gasteiger partial charge in [0, 0.05) is 17.2 Å². The molecule has 0 aromatic heterocycles. The molecule has 0 unspecified atom stereocenters. The lowest BCUT2D eigenvalue weighted by molar-refractivity contribution is 0.582. The van der Waals surface area contributed by atoms with Gasteiger partial charge in [0.1, 0.15) is 17.5 Å². The van der Waals surface area contributed by atoms with E-state index in [1.807, 2.05) is 6.07 Å². The third-order valence-electron chi connectivity index (χ3n) is 2.54. The number of nitriles is 1. The highest BCUT2D eigenvalue weighted by Gasteiger charge is 2.11. The average molecular weight is 247 g/mol. The van der Waals surface area contributed by atoms with Gasteiger partial charge in [-0.3, -0.25) is 0 Å². The maximum Gasteiger partial charge on any atom is 0.134 e. The maximum absolute atomic E-state index is 13.8. The second kappa shape index (κ2) is 4.92. The summed E-state index contributed by atoms with van der Waals surface area (Å²) < 4.78 is 40.0. The highest BCUT2D eigenvalue weighted by atomic mass is 19.1. The zero-order valence-corrected chi connectivity index (χ0v) is 9.25. The first-order valence-electron chi connectivity index (χ1n) is 5.22. The molecule has 0 heterocycles. The largest absolute Gasteiger partial charge is 0.207 e. The van der Waals surface area contributed by atoms with Crippen LogP contribution in [0.3, 0.4) is 0 Å². The van der Waals surface area contributed by atoms with Gasteiger partial charge in [0.2, 0.25) is 0 Å². The first-order chi connectivity index (χ1) is 8.61. The summed E-state index contributed by atoms with van der Waals surface area (Å²) in [7, 11) is 0. The summed E-state index contributed by atoms with van der Waals surface area (Å²) in [6.07, 6.45) is 0.0864. The first kappa shape index (κ1) is 12.2. The Kier molecular flexibility index (Phi) is 3.33. The molecule has 0 aliphatic carbocycles. The minimum absolute atomic E-state index is 0.00240. The summed E-state index contributed by atoms with van der Waals surface area (Å²) in [5.41, 5.74) is 0.563. The number of hydrogen-bond acceptors (Lipinski definition) is 1. The van der Waals surface area contributed by atoms with E-state index in [2.05, 4.69) is 0 Å². The van der Waals surface area contributed by atoms with Crippen LogP contribution < -0.4 is 0 Å². The van der Waals surface area contributed by atoms with Crippen LogP contribution in [0.25, 0.3) is 11.1 Å². The van der Waals surface area contributed by atoms with E-state index in [4.69, 9.17) is 5.26 Å². The van der Waals surface area contributed by atoms with Crippen molar-refractivity contribution in [3.05, 3.63) is 59.4 Å². The Balaban J connectivity index is 2.48. The number of benzene rings is 2. The quantitative estimate of drug-likeness (QED) is 0.791. The molecule has 0 atom stereocenters. The van der Waals surface area contributed by atoms with Crippen molar-refractivity contribution in [1.82, 2.24) is 0 Å². The molecule has 0 N–H and O–H groups in total. The molecule has 0 spiro atoms. The number of hydrogen-bond donors (Lipinski definition) is 0. The molecule has 2 rings (SSSR count). The predicted molar refractivity (Wildman–Crippen MR) is 61.1 cm³/mol. The molecular weight excluding hydrogens is 239 g/mol. The Morgan fingerprint density at radius 1 is 0.889 bits per heavy atom. The van der Waals surface area contributed by atoms with E-state index < -0.39 is 17.5 Å². The molecule has 0 aliphatic rings. The molecule has 90 valence electrons. The molecule has 0 saturated carbocycles. The van der Waals surface area contributed by atoms with Crippen molar-refractivity contribution < 1.29 is 13.2 Å². The van der Waals surface area contributed by atoms with Crippen molar-refractivity contribution in [2.24, 2.45) is 0 Å². The summed E-state index contributed by atoms with van der Waals surface area (Å²) >= 11 is 0. The zero-order chi connectivity index (χ0) is 13.1. The molecule has 2 aromatic rings. The Labute approximate surface area is 102 Å². The highest BCUT2D eigenvalue weighted by Crippen LogP contribution is 2.26. The van der Waals surface area contributed by atoms with Crippen molar-refractivity contribution >= 4 is 0 Å². The molecular formula is C14H8F3N. The van der Waals surface area contributed by atoms with Crippen molar-refractivity contribution in [2.45, 2.75) is 6.42 Å². The van der Waals surface area contributed by atoms with Crippen LogP contribution in [0.2, 0.25) is 0 Å². The van der Waals surface area contributed by atoms with Gasteiger partial charge in [0.15, 0.2) is 0 Å². The summed E-state index contributed by atoms with van der Waals surface area (Å²) in [4.78, 5) is 0. The van der Waals surface area contributed by atoms with E-state index in [1.165, 1.54) is 18.2 Å². The Morgan fingerprint density at radius 3 is 2.06 bits per heavy atom. The van der Waals surface area contributed by atoms with Crippen molar-refractivity contribution in [3.63, 3.8) is 0 Å². The number of halogens is 3. The minimum atomic E-state index is -0.818. The average Bonchev–Trinajstić information content (AvgIpc) is 2.31. The third-order valence-corrected chi connectivity index (χ3v) is 2.54. The van der Waals surface area contributed by atoms with E-state index in [0.29, 0.717) is 11.6 Å². The summed E-state index contributed by atoms with van der Waals surface area (Å²) in [5, 5.41) is 8.50. The number of nitrogens with zero attached hydrogens (tertiary/aromatic N) is 1. The molecule has 0 radical (unpaired) electrons. The smallest absolute Gasteiger partial charge is 0.134 e. The predicted octanol–water partition coefficient (Wildman–Crippen LogP) is 3.84. The van der Waals surface area contributed by atoms with Gasteiger partial charge in [-0.1, -0.05) is 12.1 Å². The lowest BCUT2D eigenvalue weighted by Gasteiger charge is -2.06. The van der Waals surface area contributed by atoms with Crippen LogP contribution >= 0.6 is 0 Å². The van der Waals surface area contributed by atoms with Crippen LogP contribution in [-0.4, -0.2) is 0 Å². The van der Waals surface area contributed by atoms with Gasteiger partial charge in [0.25, 0.3) is 0 Å². The molecule has 0 aliphatic heterocycles. The van der Waals surface area contributed by atoms with Gasteiger partial charge in [-0.25, -0.2) is 13.2 Å². The maximum atomic E-state index is 13.8. The zero-order valence-electron chi connectivity index (χ0n) is 9.25. The fourth-order valence-corrected chi connectivity index (χ4v) is 1.69. The SMILES string of the molecule is N#CCc1ccc(-c2ccc(F)cc2F)c(F)c1. The Hall–Kier alpha value is -2.28. The van der Waals surface area contributed by atoms with Gasteiger partial charge < -0.3 is 0 Å². The van der Waals surface area contributed by atoms with Crippen molar-refractivity contribution in [3.8, 4) is 17.2 Å². The lowest BCUT2D eigenvalue weighted by atomic mass is 10.0. The monoisotopic (exact) mass is 247 g/mol. The van der Waals surface area contributed by atoms with Crippen molar-refractivity contribution in [1.29, 1.82) is 5.26 Å². The van der Waals surface area contributed by atoms with Crippen molar-refractivity contribution in [2.75, 3.05) is 0 Å². The molecule has 4 heteroatoms. The summed E-state index contributed by atoms with van der Waals surface area (Å²) in [6, 6.07) is 8.98. The standard InChI is InChI=1S/C14H8F3N/c15-10-2-4-12(14(17)8-10)11-3-1-9(5-6-18)7-13(11)16/h1-4,7-8H,5H2. The minimum Gasteiger partial charge on any atom is -0.207 e. The Morgan fingerprint density at radius 2 is 1.50 bits per heavy atom. The van der Waals surface area contributed by atoms with Crippen LogP contribution in [0.1, 0.15) is 5.56 Å². The van der Waals surface area contributed by atoms with Crippen LogP contribution in [0.4, 0.5) is 13.2 Å². The van der Waals surface area contributed by atoms with E-state index >= 15 is 0 Å². The normalized spacial score (nSPS) is 10.1. The lowest BCUT2D eigenvalue weighted by Crippen LogP contribution is -1.92. The van der Waals surface area contributed by atoms with Gasteiger partial charge in [-0.05, 0) is 23.8 Å². The number of rotatable bonds is 2. The molecule has 0 bridgehead atoms. The van der Waals surface area contributed by atoms with E-state index in [0.717, 1.165) is 6.07 Å². The van der Waals surface area contributed by atoms with Gasteiger partial charge >= 0.3 is 0 Å². The molecule has 0 saturated heterocycles. The molecule has 2 aromatic carbocycles. The highest BCUT2D eigenvalue weighted by molar-refractivity contribution is 5.65. The van der Waals surface area contributed by atoms with Gasteiger partial charge in [-0.15, -0.1) is 0 Å². The molecule has 1 nitrogen and oxygen atoms in total. The molecule has 0 amide bonds.